The van der Waals surface area contributed by atoms with E-state index < -0.39 is 0 Å². The number of ether oxygens (including phenoxy) is 1. The van der Waals surface area contributed by atoms with Crippen molar-refractivity contribution >= 4 is 12.2 Å². The zero-order valence-electron chi connectivity index (χ0n) is 11.4. The van der Waals surface area contributed by atoms with Crippen LogP contribution in [0.2, 0.25) is 0 Å². The van der Waals surface area contributed by atoms with Gasteiger partial charge in [0.05, 0.1) is 6.61 Å². The van der Waals surface area contributed by atoms with Gasteiger partial charge in [-0.05, 0) is 23.6 Å². The third-order valence-electron chi connectivity index (χ3n) is 3.32. The van der Waals surface area contributed by atoms with Crippen LogP contribution in [0.25, 0.3) is 0 Å². The average molecular weight is 257 g/mol. The number of hydrogen-bond acceptors (Lipinski definition) is 3. The SMILES string of the molecule is COCCn1c(CC(C)C(C)(C)C)n[nH]c1=S. The third-order valence-corrected chi connectivity index (χ3v) is 3.64. The summed E-state index contributed by atoms with van der Waals surface area (Å²) in [6.07, 6.45) is 0.931. The van der Waals surface area contributed by atoms with Crippen molar-refractivity contribution in [2.24, 2.45) is 11.3 Å². The number of nitrogens with one attached hydrogen (secondary N) is 1. The fourth-order valence-corrected chi connectivity index (χ4v) is 1.74. The summed E-state index contributed by atoms with van der Waals surface area (Å²) in [7, 11) is 1.70. The third kappa shape index (κ3) is 3.92. The molecule has 0 saturated heterocycles. The Labute approximate surface area is 108 Å². The van der Waals surface area contributed by atoms with Crippen molar-refractivity contribution < 1.29 is 4.74 Å². The topological polar surface area (TPSA) is 42.8 Å². The highest BCUT2D eigenvalue weighted by Crippen LogP contribution is 2.27. The molecule has 1 N–H and O–H groups in total. The van der Waals surface area contributed by atoms with Gasteiger partial charge in [0.15, 0.2) is 4.77 Å². The van der Waals surface area contributed by atoms with Crippen molar-refractivity contribution in [3.8, 4) is 0 Å². The lowest BCUT2D eigenvalue weighted by Crippen LogP contribution is -2.21. The number of hydrogen-bond donors (Lipinski definition) is 1. The van der Waals surface area contributed by atoms with Gasteiger partial charge in [0.2, 0.25) is 0 Å². The van der Waals surface area contributed by atoms with Crippen LogP contribution >= 0.6 is 12.2 Å². The van der Waals surface area contributed by atoms with E-state index in [4.69, 9.17) is 17.0 Å². The van der Waals surface area contributed by atoms with E-state index >= 15 is 0 Å². The van der Waals surface area contributed by atoms with Gasteiger partial charge in [0.1, 0.15) is 5.82 Å². The molecule has 0 amide bonds. The van der Waals surface area contributed by atoms with Gasteiger partial charge in [-0.1, -0.05) is 27.7 Å². The number of nitrogens with zero attached hydrogens (tertiary/aromatic N) is 2. The second-order valence-corrected chi connectivity index (χ2v) is 5.95. The van der Waals surface area contributed by atoms with Crippen molar-refractivity contribution in [1.29, 1.82) is 0 Å². The van der Waals surface area contributed by atoms with Crippen LogP contribution in [0.3, 0.4) is 0 Å². The Morgan fingerprint density at radius 1 is 1.47 bits per heavy atom. The van der Waals surface area contributed by atoms with Crippen molar-refractivity contribution in [1.82, 2.24) is 14.8 Å². The van der Waals surface area contributed by atoms with E-state index in [9.17, 15) is 0 Å². The highest BCUT2D eigenvalue weighted by Gasteiger charge is 2.22. The number of methoxy groups -OCH3 is 1. The predicted octanol–water partition coefficient (Wildman–Crippen LogP) is 2.81. The standard InChI is InChI=1S/C12H23N3OS/c1-9(12(2,3)4)8-10-13-14-11(17)15(10)6-7-16-5/h9H,6-8H2,1-5H3,(H,14,17). The van der Waals surface area contributed by atoms with Gasteiger partial charge in [-0.15, -0.1) is 0 Å². The molecule has 0 saturated carbocycles. The normalized spacial score (nSPS) is 13.9. The van der Waals surface area contributed by atoms with Gasteiger partial charge in [-0.3, -0.25) is 5.10 Å². The first-order chi connectivity index (χ1) is 7.86. The molecule has 0 aliphatic heterocycles. The molecule has 0 radical (unpaired) electrons. The van der Waals surface area contributed by atoms with Crippen LogP contribution in [0.1, 0.15) is 33.5 Å². The summed E-state index contributed by atoms with van der Waals surface area (Å²) in [4.78, 5) is 0. The van der Waals surface area contributed by atoms with Crippen LogP contribution in [-0.2, 0) is 17.7 Å². The van der Waals surface area contributed by atoms with Crippen LogP contribution in [-0.4, -0.2) is 28.5 Å². The molecule has 98 valence electrons. The maximum Gasteiger partial charge on any atom is 0.195 e. The smallest absolute Gasteiger partial charge is 0.195 e. The molecule has 0 aromatic carbocycles. The molecule has 1 aromatic rings. The average Bonchev–Trinajstić information content (AvgIpc) is 2.56. The minimum absolute atomic E-state index is 0.277. The van der Waals surface area contributed by atoms with Crippen molar-refractivity contribution in [2.75, 3.05) is 13.7 Å². The molecule has 0 spiro atoms. The second kappa shape index (κ2) is 5.78. The number of aromatic amines is 1. The van der Waals surface area contributed by atoms with E-state index in [1.807, 2.05) is 4.57 Å². The minimum atomic E-state index is 0.277. The largest absolute Gasteiger partial charge is 0.383 e. The van der Waals surface area contributed by atoms with E-state index in [-0.39, 0.29) is 5.41 Å². The minimum Gasteiger partial charge on any atom is -0.383 e. The second-order valence-electron chi connectivity index (χ2n) is 5.56. The monoisotopic (exact) mass is 257 g/mol. The van der Waals surface area contributed by atoms with Gasteiger partial charge in [0, 0.05) is 20.1 Å². The van der Waals surface area contributed by atoms with Gasteiger partial charge >= 0.3 is 0 Å². The molecule has 1 heterocycles. The van der Waals surface area contributed by atoms with Crippen LogP contribution in [0.4, 0.5) is 0 Å². The summed E-state index contributed by atoms with van der Waals surface area (Å²) in [5.74, 6) is 1.57. The lowest BCUT2D eigenvalue weighted by Gasteiger charge is -2.26. The van der Waals surface area contributed by atoms with Crippen LogP contribution in [0, 0.1) is 16.1 Å². The van der Waals surface area contributed by atoms with E-state index in [0.29, 0.717) is 17.3 Å². The highest BCUT2D eigenvalue weighted by molar-refractivity contribution is 7.71. The van der Waals surface area contributed by atoms with E-state index in [1.165, 1.54) is 0 Å². The molecule has 1 atom stereocenters. The summed E-state index contributed by atoms with van der Waals surface area (Å²) in [6, 6.07) is 0. The zero-order chi connectivity index (χ0) is 13.1. The maximum absolute atomic E-state index is 5.22. The molecular formula is C12H23N3OS. The molecule has 17 heavy (non-hydrogen) atoms. The summed E-state index contributed by atoms with van der Waals surface area (Å²) in [6.45, 7) is 10.4. The first kappa shape index (κ1) is 14.4. The van der Waals surface area contributed by atoms with Gasteiger partial charge < -0.3 is 9.30 Å². The summed E-state index contributed by atoms with van der Waals surface area (Å²) < 4.78 is 7.80. The molecule has 1 aromatic heterocycles. The quantitative estimate of drug-likeness (QED) is 0.825. The van der Waals surface area contributed by atoms with Gasteiger partial charge in [0.25, 0.3) is 0 Å². The molecular weight excluding hydrogens is 234 g/mol. The zero-order valence-corrected chi connectivity index (χ0v) is 12.2. The number of H-pyrrole nitrogens is 1. The van der Waals surface area contributed by atoms with Crippen LogP contribution in [0.5, 0.6) is 0 Å². The molecule has 0 bridgehead atoms. The summed E-state index contributed by atoms with van der Waals surface area (Å²) in [5, 5.41) is 7.18. The molecule has 0 aliphatic carbocycles. The highest BCUT2D eigenvalue weighted by atomic mass is 32.1. The Kier molecular flexibility index (Phi) is 4.89. The fraction of sp³-hybridized carbons (Fsp3) is 0.833. The molecule has 4 nitrogen and oxygen atoms in total. The molecule has 0 fully saturated rings. The molecule has 1 rings (SSSR count). The number of rotatable bonds is 5. The fourth-order valence-electron chi connectivity index (χ4n) is 1.50. The molecule has 5 heteroatoms. The molecule has 1 unspecified atom stereocenters. The van der Waals surface area contributed by atoms with Crippen molar-refractivity contribution in [2.45, 2.75) is 40.7 Å². The first-order valence-corrected chi connectivity index (χ1v) is 6.40. The molecule has 0 aliphatic rings. The van der Waals surface area contributed by atoms with Crippen LogP contribution in [0.15, 0.2) is 0 Å². The first-order valence-electron chi connectivity index (χ1n) is 5.99. The van der Waals surface area contributed by atoms with Crippen LogP contribution < -0.4 is 0 Å². The summed E-state index contributed by atoms with van der Waals surface area (Å²) in [5.41, 5.74) is 0.277. The lowest BCUT2D eigenvalue weighted by atomic mass is 9.80. The summed E-state index contributed by atoms with van der Waals surface area (Å²) >= 11 is 5.22. The number of aromatic nitrogens is 3. The van der Waals surface area contributed by atoms with Crippen molar-refractivity contribution in [3.63, 3.8) is 0 Å². The Hall–Kier alpha value is -0.680. The Morgan fingerprint density at radius 3 is 2.65 bits per heavy atom. The Balaban J connectivity index is 2.81. The Morgan fingerprint density at radius 2 is 2.12 bits per heavy atom. The van der Waals surface area contributed by atoms with Gasteiger partial charge in [-0.25, -0.2) is 0 Å². The van der Waals surface area contributed by atoms with Gasteiger partial charge in [-0.2, -0.15) is 5.10 Å². The van der Waals surface area contributed by atoms with E-state index in [2.05, 4.69) is 37.9 Å². The van der Waals surface area contributed by atoms with Crippen molar-refractivity contribution in [3.05, 3.63) is 10.6 Å². The Bertz CT molecular complexity index is 403. The van der Waals surface area contributed by atoms with E-state index in [0.717, 1.165) is 18.8 Å². The lowest BCUT2D eigenvalue weighted by molar-refractivity contribution is 0.184. The maximum atomic E-state index is 5.22. The van der Waals surface area contributed by atoms with E-state index in [1.54, 1.807) is 7.11 Å². The predicted molar refractivity (Wildman–Crippen MR) is 71.6 cm³/mol.